The van der Waals surface area contributed by atoms with Crippen molar-refractivity contribution in [3.05, 3.63) is 64.7 Å². The molecule has 2 aliphatic heterocycles. The maximum Gasteiger partial charge on any atom is 0.277 e. The number of ketones is 1. The molecule has 0 aliphatic carbocycles. The smallest absolute Gasteiger partial charge is 0.277 e. The van der Waals surface area contributed by atoms with E-state index in [1.807, 2.05) is 25.1 Å². The summed E-state index contributed by atoms with van der Waals surface area (Å²) in [7, 11) is 1.37. The van der Waals surface area contributed by atoms with Crippen molar-refractivity contribution in [3.63, 3.8) is 0 Å². The Labute approximate surface area is 201 Å². The first-order valence-corrected chi connectivity index (χ1v) is 11.5. The highest BCUT2D eigenvalue weighted by atomic mass is 19.1. The molecular weight excluding hydrogens is 451 g/mol. The second-order valence-electron chi connectivity index (χ2n) is 8.79. The molecule has 180 valence electrons. The minimum atomic E-state index is -0.596. The standard InChI is InChI=1S/C26H25FN4O4/c1-15-13-17(29-11-4-5-23(29)33)6-8-21(15)30-12-10-19-24(16(2)32)28-31(25(19)26(30)34)18-7-9-22(35-3)20(27)14-18/h6-9,13-14H,4-5,10-12H2,1-3H3. The number of nitrogens with zero attached hydrogens (tertiary/aromatic N) is 4. The molecule has 8 nitrogen and oxygen atoms in total. The van der Waals surface area contributed by atoms with E-state index in [9.17, 15) is 18.8 Å². The van der Waals surface area contributed by atoms with Crippen LogP contribution in [0.25, 0.3) is 5.69 Å². The Kier molecular flexibility index (Phi) is 5.62. The van der Waals surface area contributed by atoms with Gasteiger partial charge >= 0.3 is 0 Å². The van der Waals surface area contributed by atoms with Crippen LogP contribution in [0.4, 0.5) is 15.8 Å². The fourth-order valence-corrected chi connectivity index (χ4v) is 4.88. The number of halogens is 1. The van der Waals surface area contributed by atoms with E-state index in [1.165, 1.54) is 30.8 Å². The van der Waals surface area contributed by atoms with Gasteiger partial charge in [0.05, 0.1) is 12.8 Å². The zero-order valence-corrected chi connectivity index (χ0v) is 19.8. The van der Waals surface area contributed by atoms with Crippen LogP contribution in [0.15, 0.2) is 36.4 Å². The summed E-state index contributed by atoms with van der Waals surface area (Å²) in [6.45, 7) is 4.37. The quantitative estimate of drug-likeness (QED) is 0.522. The van der Waals surface area contributed by atoms with E-state index in [-0.39, 0.29) is 34.7 Å². The molecule has 0 unspecified atom stereocenters. The number of fused-ring (bicyclic) bond motifs is 1. The van der Waals surface area contributed by atoms with Crippen molar-refractivity contribution in [2.24, 2.45) is 0 Å². The van der Waals surface area contributed by atoms with Crippen LogP contribution in [0.2, 0.25) is 0 Å². The van der Waals surface area contributed by atoms with Gasteiger partial charge in [-0.2, -0.15) is 5.10 Å². The number of aryl methyl sites for hydroxylation is 1. The molecule has 2 aromatic carbocycles. The number of anilines is 2. The van der Waals surface area contributed by atoms with E-state index in [0.717, 1.165) is 17.7 Å². The van der Waals surface area contributed by atoms with Gasteiger partial charge in [0, 0.05) is 49.4 Å². The average molecular weight is 477 g/mol. The SMILES string of the molecule is COc1ccc(-n2nc(C(C)=O)c3c2C(=O)N(c2ccc(N4CCCC4=O)cc2C)CC3)cc1F. The van der Waals surface area contributed by atoms with Crippen molar-refractivity contribution in [2.45, 2.75) is 33.1 Å². The van der Waals surface area contributed by atoms with E-state index in [0.29, 0.717) is 42.9 Å². The van der Waals surface area contributed by atoms with Crippen LogP contribution >= 0.6 is 0 Å². The summed E-state index contributed by atoms with van der Waals surface area (Å²) in [6, 6.07) is 9.90. The number of amides is 2. The number of carbonyl (C=O) groups excluding carboxylic acids is 3. The third kappa shape index (κ3) is 3.77. The average Bonchev–Trinajstić information content (AvgIpc) is 3.44. The van der Waals surface area contributed by atoms with Gasteiger partial charge in [0.1, 0.15) is 11.4 Å². The van der Waals surface area contributed by atoms with E-state index < -0.39 is 5.82 Å². The first-order chi connectivity index (χ1) is 16.8. The Bertz CT molecular complexity index is 1380. The van der Waals surface area contributed by atoms with Crippen molar-refractivity contribution < 1.29 is 23.5 Å². The van der Waals surface area contributed by atoms with Gasteiger partial charge in [0.25, 0.3) is 5.91 Å². The molecule has 3 heterocycles. The van der Waals surface area contributed by atoms with Crippen LogP contribution < -0.4 is 14.5 Å². The molecular formula is C26H25FN4O4. The number of Topliss-reactive ketones (excluding diaryl/α,β-unsaturated/α-hetero) is 1. The molecule has 9 heteroatoms. The van der Waals surface area contributed by atoms with E-state index in [2.05, 4.69) is 5.10 Å². The first-order valence-electron chi connectivity index (χ1n) is 11.5. The van der Waals surface area contributed by atoms with Gasteiger partial charge < -0.3 is 14.5 Å². The molecule has 0 bridgehead atoms. The van der Waals surface area contributed by atoms with Gasteiger partial charge in [0.15, 0.2) is 17.3 Å². The van der Waals surface area contributed by atoms with Crippen LogP contribution in [-0.2, 0) is 11.2 Å². The number of hydrogen-bond acceptors (Lipinski definition) is 5. The van der Waals surface area contributed by atoms with Crippen molar-refractivity contribution in [3.8, 4) is 11.4 Å². The number of aromatic nitrogens is 2. The summed E-state index contributed by atoms with van der Waals surface area (Å²) < 4.78 is 20.8. The van der Waals surface area contributed by atoms with Crippen molar-refractivity contribution >= 4 is 29.0 Å². The second kappa shape index (κ2) is 8.65. The fourth-order valence-electron chi connectivity index (χ4n) is 4.88. The minimum absolute atomic E-state index is 0.0710. The summed E-state index contributed by atoms with van der Waals surface area (Å²) in [4.78, 5) is 41.6. The van der Waals surface area contributed by atoms with Crippen molar-refractivity contribution in [1.82, 2.24) is 9.78 Å². The first kappa shape index (κ1) is 22.8. The van der Waals surface area contributed by atoms with Gasteiger partial charge in [-0.05, 0) is 55.7 Å². The van der Waals surface area contributed by atoms with E-state index in [4.69, 9.17) is 4.74 Å². The lowest BCUT2D eigenvalue weighted by molar-refractivity contribution is -0.117. The summed E-state index contributed by atoms with van der Waals surface area (Å²) in [5.74, 6) is -1.01. The lowest BCUT2D eigenvalue weighted by Crippen LogP contribution is -2.39. The van der Waals surface area contributed by atoms with Gasteiger partial charge in [0.2, 0.25) is 5.91 Å². The minimum Gasteiger partial charge on any atom is -0.494 e. The van der Waals surface area contributed by atoms with Crippen LogP contribution in [0, 0.1) is 12.7 Å². The summed E-state index contributed by atoms with van der Waals surface area (Å²) in [5, 5.41) is 4.40. The van der Waals surface area contributed by atoms with E-state index in [1.54, 1.807) is 15.9 Å². The molecule has 0 N–H and O–H groups in total. The van der Waals surface area contributed by atoms with Crippen LogP contribution in [0.3, 0.4) is 0 Å². The maximum absolute atomic E-state index is 14.5. The summed E-state index contributed by atoms with van der Waals surface area (Å²) >= 11 is 0. The number of benzene rings is 2. The molecule has 3 aromatic rings. The van der Waals surface area contributed by atoms with Crippen LogP contribution in [-0.4, -0.2) is 47.6 Å². The Morgan fingerprint density at radius 2 is 1.80 bits per heavy atom. The molecule has 0 atom stereocenters. The predicted molar refractivity (Wildman–Crippen MR) is 128 cm³/mol. The highest BCUT2D eigenvalue weighted by Crippen LogP contribution is 2.33. The lowest BCUT2D eigenvalue weighted by atomic mass is 10.00. The zero-order valence-electron chi connectivity index (χ0n) is 19.8. The number of hydrogen-bond donors (Lipinski definition) is 0. The van der Waals surface area contributed by atoms with Gasteiger partial charge in [-0.3, -0.25) is 14.4 Å². The lowest BCUT2D eigenvalue weighted by Gasteiger charge is -2.29. The number of ether oxygens (including phenoxy) is 1. The zero-order chi connectivity index (χ0) is 24.9. The molecule has 5 rings (SSSR count). The normalized spacial score (nSPS) is 15.5. The van der Waals surface area contributed by atoms with Crippen molar-refractivity contribution in [2.75, 3.05) is 30.0 Å². The molecule has 2 amide bonds. The maximum atomic E-state index is 14.5. The molecule has 1 fully saturated rings. The van der Waals surface area contributed by atoms with E-state index >= 15 is 0 Å². The predicted octanol–water partition coefficient (Wildman–Crippen LogP) is 3.86. The number of carbonyl (C=O) groups is 3. The third-order valence-electron chi connectivity index (χ3n) is 6.59. The molecule has 1 saturated heterocycles. The summed E-state index contributed by atoms with van der Waals surface area (Å²) in [6.07, 6.45) is 1.81. The number of rotatable bonds is 5. The van der Waals surface area contributed by atoms with Gasteiger partial charge in [-0.1, -0.05) is 0 Å². The molecule has 1 aromatic heterocycles. The molecule has 2 aliphatic rings. The van der Waals surface area contributed by atoms with Gasteiger partial charge in [-0.25, -0.2) is 9.07 Å². The molecule has 0 saturated carbocycles. The highest BCUT2D eigenvalue weighted by Gasteiger charge is 2.35. The summed E-state index contributed by atoms with van der Waals surface area (Å²) in [5.41, 5.74) is 3.72. The Balaban J connectivity index is 1.56. The van der Waals surface area contributed by atoms with Crippen LogP contribution in [0.1, 0.15) is 51.9 Å². The highest BCUT2D eigenvalue weighted by molar-refractivity contribution is 6.10. The van der Waals surface area contributed by atoms with Crippen molar-refractivity contribution in [1.29, 1.82) is 0 Å². The molecule has 0 spiro atoms. The molecule has 0 radical (unpaired) electrons. The second-order valence-corrected chi connectivity index (χ2v) is 8.79. The topological polar surface area (TPSA) is 84.7 Å². The monoisotopic (exact) mass is 476 g/mol. The largest absolute Gasteiger partial charge is 0.494 e. The van der Waals surface area contributed by atoms with Crippen LogP contribution in [0.5, 0.6) is 5.75 Å². The fraction of sp³-hybridized carbons (Fsp3) is 0.308. The Morgan fingerprint density at radius 3 is 2.43 bits per heavy atom. The molecule has 35 heavy (non-hydrogen) atoms. The Morgan fingerprint density at radius 1 is 1.03 bits per heavy atom. The van der Waals surface area contributed by atoms with Gasteiger partial charge in [-0.15, -0.1) is 0 Å². The third-order valence-corrected chi connectivity index (χ3v) is 6.59. The Hall–Kier alpha value is -4.01. The number of methoxy groups -OCH3 is 1.